The van der Waals surface area contributed by atoms with Gasteiger partial charge in [-0.2, -0.15) is 31.4 Å². The summed E-state index contributed by atoms with van der Waals surface area (Å²) in [6.45, 7) is 3.47. The fourth-order valence-electron chi connectivity index (χ4n) is 2.99. The van der Waals surface area contributed by atoms with Crippen molar-refractivity contribution in [3.05, 3.63) is 46.8 Å². The minimum absolute atomic E-state index is 0.0871. The molecule has 0 aliphatic carbocycles. The summed E-state index contributed by atoms with van der Waals surface area (Å²) < 4.78 is 80.8. The van der Waals surface area contributed by atoms with E-state index in [0.717, 1.165) is 0 Å². The van der Waals surface area contributed by atoms with E-state index in [1.165, 1.54) is 11.7 Å². The Kier molecular flexibility index (Phi) is 4.32. The Morgan fingerprint density at radius 2 is 1.56 bits per heavy atom. The molecule has 1 aromatic carbocycles. The molecule has 1 N–H and O–H groups in total. The Balaban J connectivity index is 2.46. The van der Waals surface area contributed by atoms with E-state index in [1.807, 2.05) is 0 Å². The lowest BCUT2D eigenvalue weighted by atomic mass is 10.1. The van der Waals surface area contributed by atoms with Gasteiger partial charge in [-0.25, -0.2) is 9.67 Å². The minimum Gasteiger partial charge on any atom is -0.372 e. The number of para-hydroxylation sites is 1. The third kappa shape index (κ3) is 3.19. The second-order valence-electron chi connectivity index (χ2n) is 6.00. The molecule has 2 heterocycles. The van der Waals surface area contributed by atoms with E-state index in [0.29, 0.717) is 22.9 Å². The highest BCUT2D eigenvalue weighted by Gasteiger charge is 2.42. The van der Waals surface area contributed by atoms with Gasteiger partial charge in [0.1, 0.15) is 11.5 Å². The van der Waals surface area contributed by atoms with E-state index in [1.54, 1.807) is 32.0 Å². The average molecular weight is 388 g/mol. The van der Waals surface area contributed by atoms with Crippen LogP contribution in [0.1, 0.15) is 22.5 Å². The van der Waals surface area contributed by atoms with Crippen LogP contribution in [-0.4, -0.2) is 21.8 Å². The third-order valence-corrected chi connectivity index (χ3v) is 4.10. The summed E-state index contributed by atoms with van der Waals surface area (Å²) in [5.74, 6) is -0.0871. The second kappa shape index (κ2) is 6.14. The third-order valence-electron chi connectivity index (χ3n) is 4.10. The number of aromatic nitrogens is 3. The molecule has 0 unspecified atom stereocenters. The van der Waals surface area contributed by atoms with Crippen LogP contribution in [0.5, 0.6) is 0 Å². The maximum Gasteiger partial charge on any atom is 0.434 e. The maximum atomic E-state index is 13.5. The molecule has 0 saturated carbocycles. The lowest BCUT2D eigenvalue weighted by Gasteiger charge is -2.14. The van der Waals surface area contributed by atoms with Crippen molar-refractivity contribution < 1.29 is 26.3 Å². The minimum atomic E-state index is -5.08. The first-order chi connectivity index (χ1) is 12.4. The summed E-state index contributed by atoms with van der Waals surface area (Å²) in [6.07, 6.45) is -10.1. The van der Waals surface area contributed by atoms with Crippen molar-refractivity contribution >= 4 is 16.7 Å². The zero-order valence-electron chi connectivity index (χ0n) is 14.4. The van der Waals surface area contributed by atoms with Crippen LogP contribution in [0.4, 0.5) is 32.2 Å². The first-order valence-corrected chi connectivity index (χ1v) is 7.77. The molecule has 0 saturated heterocycles. The Labute approximate surface area is 149 Å². The predicted molar refractivity (Wildman–Crippen MR) is 87.9 cm³/mol. The van der Waals surface area contributed by atoms with Crippen LogP contribution in [0, 0.1) is 13.8 Å². The van der Waals surface area contributed by atoms with Crippen molar-refractivity contribution in [1.82, 2.24) is 14.8 Å². The highest BCUT2D eigenvalue weighted by atomic mass is 19.4. The first-order valence-electron chi connectivity index (χ1n) is 7.77. The van der Waals surface area contributed by atoms with Crippen LogP contribution < -0.4 is 5.32 Å². The van der Waals surface area contributed by atoms with Gasteiger partial charge in [0.15, 0.2) is 5.69 Å². The van der Waals surface area contributed by atoms with Gasteiger partial charge in [0.2, 0.25) is 0 Å². The summed E-state index contributed by atoms with van der Waals surface area (Å²) in [7, 11) is 1.37. The van der Waals surface area contributed by atoms with Crippen LogP contribution in [0.3, 0.4) is 0 Å². The van der Waals surface area contributed by atoms with Crippen molar-refractivity contribution in [3.8, 4) is 5.69 Å². The standard InChI is InChI=1S/C17H14F6N4/c1-8-5-4-6-9(2)13(8)27-15(24-3)12-10(26-27)7-11(16(18,19)20)25-14(12)17(21,22)23/h4-7,24H,1-3H3. The molecule has 0 aliphatic rings. The number of rotatable bonds is 2. The molecule has 0 fully saturated rings. The molecule has 4 nitrogen and oxygen atoms in total. The number of hydrogen-bond acceptors (Lipinski definition) is 3. The highest BCUT2D eigenvalue weighted by molar-refractivity contribution is 5.94. The number of pyridine rings is 1. The number of aryl methyl sites for hydroxylation is 2. The number of halogens is 6. The van der Waals surface area contributed by atoms with E-state index in [9.17, 15) is 26.3 Å². The van der Waals surface area contributed by atoms with Gasteiger partial charge in [-0.3, -0.25) is 0 Å². The molecular weight excluding hydrogens is 374 g/mol. The monoisotopic (exact) mass is 388 g/mol. The Morgan fingerprint density at radius 1 is 0.963 bits per heavy atom. The highest BCUT2D eigenvalue weighted by Crippen LogP contribution is 2.41. The number of alkyl halides is 6. The lowest BCUT2D eigenvalue weighted by Crippen LogP contribution is -2.15. The Hall–Kier alpha value is -2.78. The summed E-state index contributed by atoms with van der Waals surface area (Å²) in [5, 5.41) is 6.15. The molecular formula is C17H14F6N4. The normalized spacial score (nSPS) is 12.6. The molecule has 144 valence electrons. The molecule has 0 amide bonds. The zero-order chi connectivity index (χ0) is 20.1. The molecule has 3 aromatic rings. The van der Waals surface area contributed by atoms with E-state index in [2.05, 4.69) is 15.4 Å². The van der Waals surface area contributed by atoms with E-state index in [-0.39, 0.29) is 5.82 Å². The molecule has 2 aromatic heterocycles. The van der Waals surface area contributed by atoms with Gasteiger partial charge in [0.05, 0.1) is 16.6 Å². The summed E-state index contributed by atoms with van der Waals surface area (Å²) >= 11 is 0. The van der Waals surface area contributed by atoms with Crippen molar-refractivity contribution in [3.63, 3.8) is 0 Å². The number of benzene rings is 1. The van der Waals surface area contributed by atoms with Crippen LogP contribution in [0.2, 0.25) is 0 Å². The van der Waals surface area contributed by atoms with Crippen LogP contribution >= 0.6 is 0 Å². The van der Waals surface area contributed by atoms with Gasteiger partial charge in [0.25, 0.3) is 0 Å². The van der Waals surface area contributed by atoms with Gasteiger partial charge < -0.3 is 5.32 Å². The molecule has 27 heavy (non-hydrogen) atoms. The fraction of sp³-hybridized carbons (Fsp3) is 0.294. The molecule has 0 aliphatic heterocycles. The summed E-state index contributed by atoms with van der Waals surface area (Å²) in [4.78, 5) is 2.86. The molecule has 0 atom stereocenters. The van der Waals surface area contributed by atoms with Crippen molar-refractivity contribution in [2.75, 3.05) is 12.4 Å². The molecule has 3 rings (SSSR count). The van der Waals surface area contributed by atoms with E-state index in [4.69, 9.17) is 0 Å². The van der Waals surface area contributed by atoms with E-state index >= 15 is 0 Å². The van der Waals surface area contributed by atoms with Crippen molar-refractivity contribution in [1.29, 1.82) is 0 Å². The Bertz CT molecular complexity index is 997. The van der Waals surface area contributed by atoms with Crippen molar-refractivity contribution in [2.45, 2.75) is 26.2 Å². The van der Waals surface area contributed by atoms with Crippen LogP contribution in [-0.2, 0) is 12.4 Å². The van der Waals surface area contributed by atoms with Gasteiger partial charge >= 0.3 is 12.4 Å². The van der Waals surface area contributed by atoms with Gasteiger partial charge in [-0.15, -0.1) is 0 Å². The van der Waals surface area contributed by atoms with Crippen LogP contribution in [0.25, 0.3) is 16.6 Å². The zero-order valence-corrected chi connectivity index (χ0v) is 14.4. The number of hydrogen-bond donors (Lipinski definition) is 1. The number of fused-ring (bicyclic) bond motifs is 1. The molecule has 0 bridgehead atoms. The lowest BCUT2D eigenvalue weighted by molar-refractivity contribution is -0.149. The largest absolute Gasteiger partial charge is 0.434 e. The molecule has 0 radical (unpaired) electrons. The summed E-state index contributed by atoms with van der Waals surface area (Å²) in [6, 6.07) is 5.76. The summed E-state index contributed by atoms with van der Waals surface area (Å²) in [5.41, 5.74) is -1.82. The number of nitrogens with zero attached hydrogens (tertiary/aromatic N) is 3. The molecule has 0 spiro atoms. The number of anilines is 1. The second-order valence-corrected chi connectivity index (χ2v) is 6.00. The fourth-order valence-corrected chi connectivity index (χ4v) is 2.99. The Morgan fingerprint density at radius 3 is 2.04 bits per heavy atom. The maximum absolute atomic E-state index is 13.5. The average Bonchev–Trinajstić information content (AvgIpc) is 2.89. The van der Waals surface area contributed by atoms with Crippen molar-refractivity contribution in [2.24, 2.45) is 0 Å². The van der Waals surface area contributed by atoms with Gasteiger partial charge in [-0.05, 0) is 31.0 Å². The van der Waals surface area contributed by atoms with Gasteiger partial charge in [-0.1, -0.05) is 18.2 Å². The smallest absolute Gasteiger partial charge is 0.372 e. The topological polar surface area (TPSA) is 42.7 Å². The van der Waals surface area contributed by atoms with Gasteiger partial charge in [0, 0.05) is 7.05 Å². The van der Waals surface area contributed by atoms with E-state index < -0.39 is 34.6 Å². The first kappa shape index (κ1) is 19.0. The predicted octanol–water partition coefficient (Wildman–Crippen LogP) is 5.12. The molecule has 10 heteroatoms. The number of nitrogens with one attached hydrogen (secondary N) is 1. The SMILES string of the molecule is CNc1c2c(C(F)(F)F)nc(C(F)(F)F)cc2nn1-c1c(C)cccc1C. The van der Waals surface area contributed by atoms with Crippen LogP contribution in [0.15, 0.2) is 24.3 Å². The quantitative estimate of drug-likeness (QED) is 0.620.